The third kappa shape index (κ3) is 3.35. The Morgan fingerprint density at radius 2 is 2.10 bits per heavy atom. The molecule has 1 aromatic carbocycles. The fraction of sp³-hybridized carbons (Fsp3) is 0.267. The minimum atomic E-state index is -0.355. The van der Waals surface area contributed by atoms with Gasteiger partial charge in [0.2, 0.25) is 5.95 Å². The number of para-hydroxylation sites is 1. The number of nitrogens with zero attached hydrogens (tertiary/aromatic N) is 3. The quantitative estimate of drug-likeness (QED) is 0.479. The smallest absolute Gasteiger partial charge is 0.289 e. The lowest BCUT2D eigenvalue weighted by Crippen LogP contribution is -2.30. The Morgan fingerprint density at radius 1 is 1.33 bits per heavy atom. The number of hydrogen-bond donors (Lipinski definition) is 2. The van der Waals surface area contributed by atoms with Crippen LogP contribution in [0.3, 0.4) is 0 Å². The van der Waals surface area contributed by atoms with Gasteiger partial charge in [-0.2, -0.15) is 9.97 Å². The highest BCUT2D eigenvalue weighted by atomic mass is 16.1. The third-order valence-electron chi connectivity index (χ3n) is 3.04. The second-order valence-corrected chi connectivity index (χ2v) is 4.49. The lowest BCUT2D eigenvalue weighted by molar-refractivity contribution is 0.779. The van der Waals surface area contributed by atoms with Gasteiger partial charge in [0.1, 0.15) is 5.82 Å². The van der Waals surface area contributed by atoms with Crippen molar-refractivity contribution in [1.29, 1.82) is 0 Å². The molecule has 0 fully saturated rings. The number of benzene rings is 1. The van der Waals surface area contributed by atoms with Crippen molar-refractivity contribution in [2.45, 2.75) is 20.3 Å². The molecule has 2 N–H and O–H groups in total. The van der Waals surface area contributed by atoms with Crippen LogP contribution in [0.4, 0.5) is 5.95 Å². The summed E-state index contributed by atoms with van der Waals surface area (Å²) < 4.78 is 1.53. The highest BCUT2D eigenvalue weighted by Gasteiger charge is 2.11. The second-order valence-electron chi connectivity index (χ2n) is 4.49. The van der Waals surface area contributed by atoms with Gasteiger partial charge in [-0.3, -0.25) is 5.43 Å². The van der Waals surface area contributed by atoms with Gasteiger partial charge >= 0.3 is 5.69 Å². The predicted octanol–water partition coefficient (Wildman–Crippen LogP) is 1.60. The van der Waals surface area contributed by atoms with E-state index in [0.717, 1.165) is 17.7 Å². The lowest BCUT2D eigenvalue weighted by atomic mass is 10.1. The van der Waals surface area contributed by atoms with Gasteiger partial charge in [-0.25, -0.2) is 14.8 Å². The van der Waals surface area contributed by atoms with Gasteiger partial charge in [-0.1, -0.05) is 31.2 Å². The Hall–Kier alpha value is -2.47. The number of rotatable bonds is 6. The van der Waals surface area contributed by atoms with Crippen LogP contribution in [0.25, 0.3) is 5.69 Å². The number of hydrogen-bond acceptors (Lipinski definition) is 5. The van der Waals surface area contributed by atoms with E-state index in [4.69, 9.17) is 0 Å². The maximum atomic E-state index is 12.3. The number of nitrogens with one attached hydrogen (secondary N) is 2. The van der Waals surface area contributed by atoms with E-state index in [-0.39, 0.29) is 11.6 Å². The largest absolute Gasteiger partial charge is 0.356 e. The molecule has 0 atom stereocenters. The predicted molar refractivity (Wildman–Crippen MR) is 83.6 cm³/mol. The second kappa shape index (κ2) is 6.81. The van der Waals surface area contributed by atoms with Crippen LogP contribution in [-0.4, -0.2) is 21.1 Å². The van der Waals surface area contributed by atoms with Crippen LogP contribution in [-0.2, 0) is 6.42 Å². The van der Waals surface area contributed by atoms with Crippen LogP contribution in [0, 0.1) is 6.92 Å². The highest BCUT2D eigenvalue weighted by Crippen LogP contribution is 2.14. The first kappa shape index (κ1) is 14.9. The summed E-state index contributed by atoms with van der Waals surface area (Å²) in [4.78, 5) is 20.5. The van der Waals surface area contributed by atoms with Crippen molar-refractivity contribution in [1.82, 2.24) is 20.0 Å². The molecule has 0 amide bonds. The van der Waals surface area contributed by atoms with Crippen LogP contribution < -0.4 is 16.5 Å². The van der Waals surface area contributed by atoms with E-state index >= 15 is 0 Å². The molecule has 0 aliphatic heterocycles. The number of hydrazine groups is 1. The molecule has 0 aliphatic carbocycles. The summed E-state index contributed by atoms with van der Waals surface area (Å²) in [7, 11) is 0. The summed E-state index contributed by atoms with van der Waals surface area (Å²) >= 11 is 0. The fourth-order valence-electron chi connectivity index (χ4n) is 2.07. The van der Waals surface area contributed by atoms with Crippen LogP contribution in [0.2, 0.25) is 0 Å². The molecular formula is C15H19N5O. The van der Waals surface area contributed by atoms with Crippen LogP contribution >= 0.6 is 0 Å². The number of aryl methyl sites for hydroxylation is 2. The van der Waals surface area contributed by atoms with Gasteiger partial charge in [-0.15, -0.1) is 6.58 Å². The van der Waals surface area contributed by atoms with Crippen molar-refractivity contribution >= 4 is 5.95 Å². The van der Waals surface area contributed by atoms with Crippen molar-refractivity contribution in [3.05, 3.63) is 58.8 Å². The van der Waals surface area contributed by atoms with E-state index < -0.39 is 0 Å². The Kier molecular flexibility index (Phi) is 4.84. The molecule has 0 saturated heterocycles. The average molecular weight is 285 g/mol. The van der Waals surface area contributed by atoms with Crippen molar-refractivity contribution in [2.24, 2.45) is 0 Å². The van der Waals surface area contributed by atoms with Gasteiger partial charge in [0.05, 0.1) is 5.69 Å². The van der Waals surface area contributed by atoms with E-state index in [2.05, 4.69) is 34.3 Å². The SMILES string of the molecule is C=CCNNc1nc(C)n(-c2ccccc2CC)c(=O)n1. The van der Waals surface area contributed by atoms with Crippen molar-refractivity contribution < 1.29 is 0 Å². The summed E-state index contributed by atoms with van der Waals surface area (Å²) in [5, 5.41) is 0. The summed E-state index contributed by atoms with van der Waals surface area (Å²) in [5.41, 5.74) is 7.18. The molecule has 2 rings (SSSR count). The Balaban J connectivity index is 2.42. The van der Waals surface area contributed by atoms with E-state index in [1.165, 1.54) is 4.57 Å². The van der Waals surface area contributed by atoms with E-state index in [1.807, 2.05) is 24.3 Å². The van der Waals surface area contributed by atoms with Crippen LogP contribution in [0.1, 0.15) is 18.3 Å². The summed E-state index contributed by atoms with van der Waals surface area (Å²) in [5.74, 6) is 0.836. The van der Waals surface area contributed by atoms with Crippen molar-refractivity contribution in [2.75, 3.05) is 12.0 Å². The zero-order chi connectivity index (χ0) is 15.2. The summed E-state index contributed by atoms with van der Waals surface area (Å²) in [6, 6.07) is 7.76. The molecule has 6 nitrogen and oxygen atoms in total. The molecule has 0 saturated carbocycles. The number of anilines is 1. The molecule has 0 spiro atoms. The van der Waals surface area contributed by atoms with E-state index in [9.17, 15) is 4.79 Å². The average Bonchev–Trinajstić information content (AvgIpc) is 2.47. The molecule has 1 aromatic heterocycles. The fourth-order valence-corrected chi connectivity index (χ4v) is 2.07. The molecule has 6 heteroatoms. The minimum absolute atomic E-state index is 0.254. The van der Waals surface area contributed by atoms with Crippen molar-refractivity contribution in [3.8, 4) is 5.69 Å². The lowest BCUT2D eigenvalue weighted by Gasteiger charge is -2.13. The van der Waals surface area contributed by atoms with Crippen LogP contribution in [0.15, 0.2) is 41.7 Å². The first-order valence-corrected chi connectivity index (χ1v) is 6.83. The van der Waals surface area contributed by atoms with Gasteiger partial charge in [0, 0.05) is 6.54 Å². The van der Waals surface area contributed by atoms with Gasteiger partial charge in [0.15, 0.2) is 0 Å². The minimum Gasteiger partial charge on any atom is -0.289 e. The van der Waals surface area contributed by atoms with Gasteiger partial charge in [0.25, 0.3) is 0 Å². The Labute approximate surface area is 123 Å². The molecule has 110 valence electrons. The summed E-state index contributed by atoms with van der Waals surface area (Å²) in [6.07, 6.45) is 2.53. The first-order valence-electron chi connectivity index (χ1n) is 6.83. The van der Waals surface area contributed by atoms with Gasteiger partial charge in [-0.05, 0) is 25.0 Å². The van der Waals surface area contributed by atoms with Crippen molar-refractivity contribution in [3.63, 3.8) is 0 Å². The number of aromatic nitrogens is 3. The molecule has 21 heavy (non-hydrogen) atoms. The maximum absolute atomic E-state index is 12.3. The molecule has 0 radical (unpaired) electrons. The third-order valence-corrected chi connectivity index (χ3v) is 3.04. The molecule has 1 heterocycles. The first-order chi connectivity index (χ1) is 10.2. The molecule has 0 aliphatic rings. The standard InChI is InChI=1S/C15H19N5O/c1-4-10-16-19-14-17-11(3)20(15(21)18-14)13-9-7-6-8-12(13)5-2/h4,6-9,16H,1,5,10H2,2-3H3,(H,18,19,21). The van der Waals surface area contributed by atoms with E-state index in [0.29, 0.717) is 12.4 Å². The van der Waals surface area contributed by atoms with Crippen LogP contribution in [0.5, 0.6) is 0 Å². The molecule has 0 unspecified atom stereocenters. The van der Waals surface area contributed by atoms with E-state index in [1.54, 1.807) is 13.0 Å². The zero-order valence-electron chi connectivity index (χ0n) is 12.3. The topological polar surface area (TPSA) is 71.8 Å². The maximum Gasteiger partial charge on any atom is 0.356 e. The normalized spacial score (nSPS) is 10.4. The molecule has 0 bridgehead atoms. The monoisotopic (exact) mass is 285 g/mol. The Morgan fingerprint density at radius 3 is 2.76 bits per heavy atom. The Bertz CT molecular complexity index is 693. The molecule has 2 aromatic rings. The zero-order valence-corrected chi connectivity index (χ0v) is 12.3. The highest BCUT2D eigenvalue weighted by molar-refractivity contribution is 5.42. The molecular weight excluding hydrogens is 266 g/mol. The summed E-state index contributed by atoms with van der Waals surface area (Å²) in [6.45, 7) is 7.97. The van der Waals surface area contributed by atoms with Gasteiger partial charge < -0.3 is 0 Å².